The van der Waals surface area contributed by atoms with E-state index in [1.54, 1.807) is 17.0 Å². The minimum Gasteiger partial charge on any atom is -0.455 e. The fourth-order valence-corrected chi connectivity index (χ4v) is 3.69. The molecule has 8 heteroatoms. The first-order chi connectivity index (χ1) is 15.9. The number of hydrogen-bond acceptors (Lipinski definition) is 5. The molecule has 3 aromatic carbocycles. The van der Waals surface area contributed by atoms with E-state index in [-0.39, 0.29) is 11.6 Å². The van der Waals surface area contributed by atoms with E-state index in [9.17, 15) is 13.2 Å². The Morgan fingerprint density at radius 3 is 2.45 bits per heavy atom. The predicted octanol–water partition coefficient (Wildman–Crippen LogP) is 6.33. The number of hydrogen-bond donors (Lipinski definition) is 1. The van der Waals surface area contributed by atoms with Crippen molar-refractivity contribution in [1.29, 1.82) is 0 Å². The summed E-state index contributed by atoms with van der Waals surface area (Å²) in [6.45, 7) is 0. The summed E-state index contributed by atoms with van der Waals surface area (Å²) >= 11 is 0. The van der Waals surface area contributed by atoms with Crippen molar-refractivity contribution in [3.8, 4) is 28.5 Å². The molecule has 5 nitrogen and oxygen atoms in total. The Labute approximate surface area is 187 Å². The number of nitrogens with two attached hydrogens (primary N) is 1. The smallest absolute Gasteiger partial charge is 0.416 e. The first kappa shape index (κ1) is 20.8. The maximum atomic E-state index is 13.1. The Morgan fingerprint density at radius 2 is 1.67 bits per heavy atom. The van der Waals surface area contributed by atoms with Gasteiger partial charge in [-0.2, -0.15) is 13.2 Å². The molecule has 0 saturated heterocycles. The van der Waals surface area contributed by atoms with Crippen molar-refractivity contribution in [1.82, 2.24) is 4.98 Å². The van der Waals surface area contributed by atoms with Gasteiger partial charge in [0.2, 0.25) is 12.2 Å². The third-order valence-electron chi connectivity index (χ3n) is 5.21. The molecule has 33 heavy (non-hydrogen) atoms. The molecule has 0 radical (unpaired) electrons. The van der Waals surface area contributed by atoms with Gasteiger partial charge in [-0.15, -0.1) is 0 Å². The Balaban J connectivity index is 1.53. The van der Waals surface area contributed by atoms with E-state index < -0.39 is 18.1 Å². The number of ether oxygens (including phenoxy) is 2. The van der Waals surface area contributed by atoms with E-state index in [0.29, 0.717) is 17.1 Å². The second kappa shape index (κ2) is 8.14. The maximum Gasteiger partial charge on any atom is 0.416 e. The molecule has 0 saturated carbocycles. The molecule has 1 aromatic heterocycles. The van der Waals surface area contributed by atoms with Crippen molar-refractivity contribution in [2.24, 2.45) is 5.73 Å². The number of rotatable bonds is 4. The van der Waals surface area contributed by atoms with E-state index in [1.165, 1.54) is 18.3 Å². The van der Waals surface area contributed by atoms with Crippen molar-refractivity contribution in [3.63, 3.8) is 0 Å². The number of nitrogens with zero attached hydrogens (tertiary/aromatic N) is 2. The fourth-order valence-electron chi connectivity index (χ4n) is 3.69. The first-order valence-electron chi connectivity index (χ1n) is 10.1. The van der Waals surface area contributed by atoms with Crippen molar-refractivity contribution >= 4 is 11.4 Å². The van der Waals surface area contributed by atoms with Crippen LogP contribution < -0.4 is 20.1 Å². The topological polar surface area (TPSA) is 60.6 Å². The summed E-state index contributed by atoms with van der Waals surface area (Å²) in [7, 11) is 0. The van der Waals surface area contributed by atoms with Crippen LogP contribution in [0.3, 0.4) is 0 Å². The third kappa shape index (κ3) is 4.08. The van der Waals surface area contributed by atoms with E-state index in [2.05, 4.69) is 4.98 Å². The molecule has 2 heterocycles. The summed E-state index contributed by atoms with van der Waals surface area (Å²) in [5.74, 6) is 0.696. The summed E-state index contributed by atoms with van der Waals surface area (Å²) in [5, 5.41) is 0. The van der Waals surface area contributed by atoms with Gasteiger partial charge in [0.15, 0.2) is 0 Å². The normalized spacial score (nSPS) is 15.2. The summed E-state index contributed by atoms with van der Waals surface area (Å²) in [4.78, 5) is 5.95. The summed E-state index contributed by atoms with van der Waals surface area (Å²) in [5.41, 5.74) is 8.60. The number of pyridine rings is 1. The minimum atomic E-state index is -4.48. The second-order valence-corrected chi connectivity index (χ2v) is 7.38. The molecule has 0 bridgehead atoms. The highest BCUT2D eigenvalue weighted by Gasteiger charge is 2.33. The lowest BCUT2D eigenvalue weighted by Crippen LogP contribution is -2.39. The monoisotopic (exact) mass is 449 g/mol. The van der Waals surface area contributed by atoms with Crippen molar-refractivity contribution < 1.29 is 22.6 Å². The van der Waals surface area contributed by atoms with Crippen LogP contribution in [0.2, 0.25) is 0 Å². The highest BCUT2D eigenvalue weighted by Crippen LogP contribution is 2.46. The van der Waals surface area contributed by atoms with E-state index in [0.717, 1.165) is 23.3 Å². The zero-order valence-corrected chi connectivity index (χ0v) is 17.2. The summed E-state index contributed by atoms with van der Waals surface area (Å²) in [6.07, 6.45) is -3.85. The molecule has 1 atom stereocenters. The molecule has 0 aliphatic carbocycles. The molecule has 0 fully saturated rings. The fraction of sp³-hybridized carbons (Fsp3) is 0.0800. The highest BCUT2D eigenvalue weighted by molar-refractivity contribution is 5.80. The Morgan fingerprint density at radius 1 is 0.848 bits per heavy atom. The standard InChI is InChI=1S/C25H18F3N3O2/c26-25(27,28)18-8-4-9-19(15-18)32-23-20(10-5-13-30-23)31-21-14-17(16-6-2-1-3-7-16)11-12-22(21)33-24(31)29/h1-15,24H,29H2. The van der Waals surface area contributed by atoms with Gasteiger partial charge in [0.1, 0.15) is 17.2 Å². The molecule has 2 N–H and O–H groups in total. The second-order valence-electron chi connectivity index (χ2n) is 7.38. The maximum absolute atomic E-state index is 13.1. The quantitative estimate of drug-likeness (QED) is 0.394. The van der Waals surface area contributed by atoms with E-state index in [1.807, 2.05) is 48.5 Å². The van der Waals surface area contributed by atoms with Crippen LogP contribution in [0, 0.1) is 0 Å². The van der Waals surface area contributed by atoms with E-state index >= 15 is 0 Å². The number of aromatic nitrogens is 1. The van der Waals surface area contributed by atoms with Gasteiger partial charge in [0.05, 0.1) is 11.3 Å². The summed E-state index contributed by atoms with van der Waals surface area (Å²) in [6, 6.07) is 23.6. The number of halogens is 3. The largest absolute Gasteiger partial charge is 0.455 e. The van der Waals surface area contributed by atoms with Gasteiger partial charge in [0, 0.05) is 6.20 Å². The molecule has 1 unspecified atom stereocenters. The molecular formula is C25H18F3N3O2. The molecule has 0 spiro atoms. The minimum absolute atomic E-state index is 0.0109. The average molecular weight is 449 g/mol. The zero-order valence-electron chi connectivity index (χ0n) is 17.2. The van der Waals surface area contributed by atoms with Gasteiger partial charge in [-0.25, -0.2) is 4.98 Å². The molecule has 4 aromatic rings. The van der Waals surface area contributed by atoms with Crippen LogP contribution in [-0.2, 0) is 6.18 Å². The number of anilines is 2. The first-order valence-corrected chi connectivity index (χ1v) is 10.1. The van der Waals surface area contributed by atoms with Gasteiger partial charge in [-0.05, 0) is 53.6 Å². The van der Waals surface area contributed by atoms with Gasteiger partial charge in [-0.3, -0.25) is 10.6 Å². The van der Waals surface area contributed by atoms with Crippen molar-refractivity contribution in [2.45, 2.75) is 12.5 Å². The average Bonchev–Trinajstić information content (AvgIpc) is 3.14. The third-order valence-corrected chi connectivity index (χ3v) is 5.21. The number of alkyl halides is 3. The van der Waals surface area contributed by atoms with Crippen LogP contribution in [0.4, 0.5) is 24.5 Å². The van der Waals surface area contributed by atoms with Crippen molar-refractivity contribution in [3.05, 3.63) is 96.7 Å². The Bertz CT molecular complexity index is 1300. The van der Waals surface area contributed by atoms with Gasteiger partial charge in [0.25, 0.3) is 0 Å². The van der Waals surface area contributed by atoms with Crippen LogP contribution in [0.1, 0.15) is 5.56 Å². The number of benzene rings is 3. The van der Waals surface area contributed by atoms with Gasteiger partial charge < -0.3 is 9.47 Å². The SMILES string of the molecule is NC1Oc2ccc(-c3ccccc3)cc2N1c1cccnc1Oc1cccc(C(F)(F)F)c1. The molecule has 5 rings (SSSR count). The highest BCUT2D eigenvalue weighted by atomic mass is 19.4. The van der Waals surface area contributed by atoms with Crippen LogP contribution in [0.15, 0.2) is 91.1 Å². The zero-order chi connectivity index (χ0) is 23.0. The van der Waals surface area contributed by atoms with Gasteiger partial charge in [-0.1, -0.05) is 42.5 Å². The van der Waals surface area contributed by atoms with Crippen LogP contribution in [0.25, 0.3) is 11.1 Å². The van der Waals surface area contributed by atoms with Crippen LogP contribution >= 0.6 is 0 Å². The molecule has 1 aliphatic heterocycles. The number of fused-ring (bicyclic) bond motifs is 1. The predicted molar refractivity (Wildman–Crippen MR) is 118 cm³/mol. The molecule has 1 aliphatic rings. The van der Waals surface area contributed by atoms with Gasteiger partial charge >= 0.3 is 6.18 Å². The van der Waals surface area contributed by atoms with Crippen LogP contribution in [0.5, 0.6) is 17.4 Å². The summed E-state index contributed by atoms with van der Waals surface area (Å²) < 4.78 is 50.9. The molecule has 166 valence electrons. The van der Waals surface area contributed by atoms with Crippen molar-refractivity contribution in [2.75, 3.05) is 4.90 Å². The Hall–Kier alpha value is -4.04. The lowest BCUT2D eigenvalue weighted by molar-refractivity contribution is -0.137. The lowest BCUT2D eigenvalue weighted by Gasteiger charge is -2.24. The van der Waals surface area contributed by atoms with Crippen LogP contribution in [-0.4, -0.2) is 11.3 Å². The van der Waals surface area contributed by atoms with E-state index in [4.69, 9.17) is 15.2 Å². The Kier molecular flexibility index (Phi) is 5.14. The lowest BCUT2D eigenvalue weighted by atomic mass is 10.0. The molecule has 0 amide bonds. The molecular weight excluding hydrogens is 431 g/mol.